The van der Waals surface area contributed by atoms with Crippen molar-refractivity contribution in [2.45, 2.75) is 30.8 Å². The number of rotatable bonds is 5. The summed E-state index contributed by atoms with van der Waals surface area (Å²) in [5, 5.41) is 14.2. The van der Waals surface area contributed by atoms with Gasteiger partial charge in [-0.2, -0.15) is 0 Å². The predicted octanol–water partition coefficient (Wildman–Crippen LogP) is 1.95. The molecule has 1 N–H and O–H groups in total. The molecule has 0 unspecified atom stereocenters. The first-order chi connectivity index (χ1) is 9.60. The van der Waals surface area contributed by atoms with E-state index in [4.69, 9.17) is 0 Å². The Hall–Kier alpha value is -1.96. The van der Waals surface area contributed by atoms with E-state index < -0.39 is 0 Å². The van der Waals surface area contributed by atoms with Gasteiger partial charge in [0.05, 0.1) is 5.25 Å². The lowest BCUT2D eigenvalue weighted by Gasteiger charge is -2.11. The molecule has 0 bridgehead atoms. The molecule has 0 aliphatic carbocycles. The molecule has 0 spiro atoms. The molecular formula is C12H14FN5OS. The number of carbonyl (C=O) groups is 1. The summed E-state index contributed by atoms with van der Waals surface area (Å²) in [7, 11) is 0. The van der Waals surface area contributed by atoms with Gasteiger partial charge in [0.25, 0.3) is 0 Å². The van der Waals surface area contributed by atoms with Crippen molar-refractivity contribution < 1.29 is 9.18 Å². The van der Waals surface area contributed by atoms with Gasteiger partial charge in [0.2, 0.25) is 11.1 Å². The van der Waals surface area contributed by atoms with Crippen LogP contribution in [0.3, 0.4) is 0 Å². The molecule has 0 radical (unpaired) electrons. The molecule has 0 aliphatic heterocycles. The minimum Gasteiger partial charge on any atom is -0.325 e. The zero-order chi connectivity index (χ0) is 14.5. The number of amides is 1. The number of thioether (sulfide) groups is 1. The molecule has 1 aromatic carbocycles. The van der Waals surface area contributed by atoms with Crippen LogP contribution in [0.5, 0.6) is 0 Å². The fourth-order valence-electron chi connectivity index (χ4n) is 1.47. The van der Waals surface area contributed by atoms with Gasteiger partial charge in [-0.15, -0.1) is 5.10 Å². The quantitative estimate of drug-likeness (QED) is 0.854. The van der Waals surface area contributed by atoms with Gasteiger partial charge in [-0.25, -0.2) is 9.07 Å². The lowest BCUT2D eigenvalue weighted by molar-refractivity contribution is -0.115. The second-order valence-corrected chi connectivity index (χ2v) is 5.34. The second-order valence-electron chi connectivity index (χ2n) is 4.03. The van der Waals surface area contributed by atoms with Crippen molar-refractivity contribution in [1.82, 2.24) is 20.2 Å². The summed E-state index contributed by atoms with van der Waals surface area (Å²) in [5.74, 6) is -0.528. The van der Waals surface area contributed by atoms with Gasteiger partial charge in [-0.3, -0.25) is 4.79 Å². The Morgan fingerprint density at radius 3 is 2.80 bits per heavy atom. The highest BCUT2D eigenvalue weighted by molar-refractivity contribution is 8.00. The Bertz CT molecular complexity index is 586. The summed E-state index contributed by atoms with van der Waals surface area (Å²) in [6.45, 7) is 4.32. The second kappa shape index (κ2) is 6.47. The molecule has 1 amide bonds. The Morgan fingerprint density at radius 1 is 1.45 bits per heavy atom. The first-order valence-corrected chi connectivity index (χ1v) is 6.97. The molecule has 1 atom stereocenters. The van der Waals surface area contributed by atoms with Gasteiger partial charge in [0.1, 0.15) is 5.82 Å². The van der Waals surface area contributed by atoms with Crippen LogP contribution < -0.4 is 5.32 Å². The van der Waals surface area contributed by atoms with Crippen LogP contribution in [0.15, 0.2) is 29.4 Å². The van der Waals surface area contributed by atoms with E-state index in [0.29, 0.717) is 17.4 Å². The van der Waals surface area contributed by atoms with Crippen molar-refractivity contribution in [3.8, 4) is 0 Å². The highest BCUT2D eigenvalue weighted by atomic mass is 32.2. The van der Waals surface area contributed by atoms with E-state index in [1.807, 2.05) is 6.92 Å². The summed E-state index contributed by atoms with van der Waals surface area (Å²) in [6, 6.07) is 5.62. The fraction of sp³-hybridized carbons (Fsp3) is 0.333. The zero-order valence-electron chi connectivity index (χ0n) is 11.1. The molecule has 8 heteroatoms. The van der Waals surface area contributed by atoms with E-state index in [9.17, 15) is 9.18 Å². The van der Waals surface area contributed by atoms with Crippen molar-refractivity contribution in [1.29, 1.82) is 0 Å². The van der Waals surface area contributed by atoms with E-state index in [2.05, 4.69) is 20.8 Å². The first kappa shape index (κ1) is 14.4. The van der Waals surface area contributed by atoms with Crippen molar-refractivity contribution in [2.75, 3.05) is 5.32 Å². The SMILES string of the molecule is CCn1nnnc1S[C@H](C)C(=O)Nc1ccc(F)cc1. The van der Waals surface area contributed by atoms with Crippen LogP contribution in [-0.2, 0) is 11.3 Å². The normalized spacial score (nSPS) is 12.2. The van der Waals surface area contributed by atoms with Gasteiger partial charge in [-0.1, -0.05) is 11.8 Å². The number of hydrogen-bond donors (Lipinski definition) is 1. The van der Waals surface area contributed by atoms with Crippen molar-refractivity contribution in [3.05, 3.63) is 30.1 Å². The molecule has 6 nitrogen and oxygen atoms in total. The smallest absolute Gasteiger partial charge is 0.237 e. The molecule has 0 aliphatic rings. The van der Waals surface area contributed by atoms with Crippen LogP contribution in [0.25, 0.3) is 0 Å². The Labute approximate surface area is 119 Å². The fourth-order valence-corrected chi connectivity index (χ4v) is 2.32. The van der Waals surface area contributed by atoms with Crippen LogP contribution in [0.2, 0.25) is 0 Å². The van der Waals surface area contributed by atoms with Gasteiger partial charge >= 0.3 is 0 Å². The summed E-state index contributed by atoms with van der Waals surface area (Å²) >= 11 is 1.27. The van der Waals surface area contributed by atoms with Gasteiger partial charge in [0, 0.05) is 12.2 Å². The lowest BCUT2D eigenvalue weighted by atomic mass is 10.3. The summed E-state index contributed by atoms with van der Waals surface area (Å²) in [6.07, 6.45) is 0. The van der Waals surface area contributed by atoms with E-state index in [1.165, 1.54) is 36.0 Å². The lowest BCUT2D eigenvalue weighted by Crippen LogP contribution is -2.23. The Morgan fingerprint density at radius 2 is 2.15 bits per heavy atom. The maximum absolute atomic E-state index is 12.8. The minimum atomic E-state index is -0.364. The number of halogens is 1. The highest BCUT2D eigenvalue weighted by Gasteiger charge is 2.18. The van der Waals surface area contributed by atoms with E-state index >= 15 is 0 Å². The number of aryl methyl sites for hydroxylation is 1. The molecule has 2 aromatic rings. The number of tetrazole rings is 1. The van der Waals surface area contributed by atoms with E-state index in [1.54, 1.807) is 11.6 Å². The summed E-state index contributed by atoms with van der Waals surface area (Å²) < 4.78 is 14.4. The van der Waals surface area contributed by atoms with Crippen LogP contribution in [0, 0.1) is 5.82 Å². The molecule has 1 heterocycles. The third-order valence-electron chi connectivity index (χ3n) is 2.56. The molecule has 106 valence electrons. The maximum Gasteiger partial charge on any atom is 0.237 e. The molecule has 0 saturated heterocycles. The standard InChI is InChI=1S/C12H14FN5OS/c1-3-18-12(15-16-17-18)20-8(2)11(19)14-10-6-4-9(13)5-7-10/h4-8H,3H2,1-2H3,(H,14,19)/t8-/m1/s1. The number of aromatic nitrogens is 4. The van der Waals surface area contributed by atoms with Gasteiger partial charge < -0.3 is 5.32 Å². The van der Waals surface area contributed by atoms with Crippen molar-refractivity contribution in [3.63, 3.8) is 0 Å². The highest BCUT2D eigenvalue weighted by Crippen LogP contribution is 2.21. The van der Waals surface area contributed by atoms with Crippen molar-refractivity contribution in [2.24, 2.45) is 0 Å². The molecule has 2 rings (SSSR count). The summed E-state index contributed by atoms with van der Waals surface area (Å²) in [5.41, 5.74) is 0.555. The molecular weight excluding hydrogens is 281 g/mol. The third-order valence-corrected chi connectivity index (χ3v) is 3.63. The van der Waals surface area contributed by atoms with Crippen LogP contribution in [0.4, 0.5) is 10.1 Å². The predicted molar refractivity (Wildman–Crippen MR) is 73.8 cm³/mol. The maximum atomic E-state index is 12.8. The Balaban J connectivity index is 1.97. The first-order valence-electron chi connectivity index (χ1n) is 6.09. The topological polar surface area (TPSA) is 72.7 Å². The third kappa shape index (κ3) is 3.53. The zero-order valence-corrected chi connectivity index (χ0v) is 11.9. The largest absolute Gasteiger partial charge is 0.325 e. The number of carbonyl (C=O) groups excluding carboxylic acids is 1. The van der Waals surface area contributed by atoms with Crippen LogP contribution in [0.1, 0.15) is 13.8 Å². The number of anilines is 1. The number of benzene rings is 1. The molecule has 0 saturated carbocycles. The van der Waals surface area contributed by atoms with Gasteiger partial charge in [-0.05, 0) is 48.5 Å². The van der Waals surface area contributed by atoms with Gasteiger partial charge in [0.15, 0.2) is 0 Å². The molecule has 0 fully saturated rings. The Kier molecular flexibility index (Phi) is 4.67. The average molecular weight is 295 g/mol. The van der Waals surface area contributed by atoms with E-state index in [-0.39, 0.29) is 17.0 Å². The average Bonchev–Trinajstić information content (AvgIpc) is 2.88. The number of hydrogen-bond acceptors (Lipinski definition) is 5. The van der Waals surface area contributed by atoms with Crippen LogP contribution in [-0.4, -0.2) is 31.4 Å². The molecule has 1 aromatic heterocycles. The minimum absolute atomic E-state index is 0.188. The molecule has 20 heavy (non-hydrogen) atoms. The van der Waals surface area contributed by atoms with E-state index in [0.717, 1.165) is 0 Å². The number of nitrogens with zero attached hydrogens (tertiary/aromatic N) is 4. The number of nitrogens with one attached hydrogen (secondary N) is 1. The monoisotopic (exact) mass is 295 g/mol. The van der Waals surface area contributed by atoms with Crippen LogP contribution >= 0.6 is 11.8 Å². The van der Waals surface area contributed by atoms with Crippen molar-refractivity contribution >= 4 is 23.4 Å². The summed E-state index contributed by atoms with van der Waals surface area (Å²) in [4.78, 5) is 12.0.